The Bertz CT molecular complexity index is 376. The minimum atomic E-state index is -1.000. The average molecular weight is 223 g/mol. The normalized spacial score (nSPS) is 10.3. The summed E-state index contributed by atoms with van der Waals surface area (Å²) in [5, 5.41) is 12.1. The number of para-hydroxylation sites is 1. The largest absolute Gasteiger partial charge is 0.482 e. The van der Waals surface area contributed by atoms with Crippen LogP contribution in [0.3, 0.4) is 0 Å². The van der Waals surface area contributed by atoms with Gasteiger partial charge in [0.05, 0.1) is 0 Å². The number of oxime groups is 1. The van der Waals surface area contributed by atoms with Gasteiger partial charge in [-0.15, -0.1) is 0 Å². The number of hydrogen-bond donors (Lipinski definition) is 1. The van der Waals surface area contributed by atoms with Crippen LogP contribution in [0.1, 0.15) is 5.56 Å². The van der Waals surface area contributed by atoms with Crippen LogP contribution in [0, 0.1) is 0 Å². The molecule has 0 spiro atoms. The van der Waals surface area contributed by atoms with Gasteiger partial charge in [-0.2, -0.15) is 0 Å². The van der Waals surface area contributed by atoms with E-state index >= 15 is 0 Å². The van der Waals surface area contributed by atoms with Crippen molar-refractivity contribution >= 4 is 12.2 Å². The van der Waals surface area contributed by atoms with Gasteiger partial charge in [-0.3, -0.25) is 0 Å². The lowest BCUT2D eigenvalue weighted by atomic mass is 10.1. The molecule has 0 aliphatic carbocycles. The first-order chi connectivity index (χ1) is 7.74. The highest BCUT2D eigenvalue weighted by molar-refractivity contribution is 5.69. The summed E-state index contributed by atoms with van der Waals surface area (Å²) in [5.41, 5.74) is 0.865. The molecule has 0 aliphatic heterocycles. The average Bonchev–Trinajstić information content (AvgIpc) is 2.28. The number of benzene rings is 1. The lowest BCUT2D eigenvalue weighted by Gasteiger charge is -2.07. The summed E-state index contributed by atoms with van der Waals surface area (Å²) >= 11 is 0. The fraction of sp³-hybridized carbons (Fsp3) is 0.273. The SMILES string of the molecule is CO/N=C/Cc1ccccc1OCC(=O)O. The molecule has 0 saturated heterocycles. The number of nitrogens with zero attached hydrogens (tertiary/aromatic N) is 1. The van der Waals surface area contributed by atoms with E-state index in [0.717, 1.165) is 5.56 Å². The third-order valence-corrected chi connectivity index (χ3v) is 1.81. The summed E-state index contributed by atoms with van der Waals surface area (Å²) in [6.45, 7) is -0.349. The molecule has 0 unspecified atom stereocenters. The van der Waals surface area contributed by atoms with Crippen LogP contribution in [0.25, 0.3) is 0 Å². The number of carboxylic acids is 1. The molecule has 0 radical (unpaired) electrons. The van der Waals surface area contributed by atoms with E-state index in [2.05, 4.69) is 9.99 Å². The second kappa shape index (κ2) is 6.44. The monoisotopic (exact) mass is 223 g/mol. The van der Waals surface area contributed by atoms with Crippen LogP contribution in [-0.4, -0.2) is 31.0 Å². The van der Waals surface area contributed by atoms with Crippen LogP contribution in [0.15, 0.2) is 29.4 Å². The van der Waals surface area contributed by atoms with Crippen LogP contribution in [0.2, 0.25) is 0 Å². The van der Waals surface area contributed by atoms with E-state index in [-0.39, 0.29) is 6.61 Å². The Kier molecular flexibility index (Phi) is 4.85. The van der Waals surface area contributed by atoms with Gasteiger partial charge < -0.3 is 14.7 Å². The summed E-state index contributed by atoms with van der Waals surface area (Å²) in [6, 6.07) is 7.20. The molecule has 1 rings (SSSR count). The summed E-state index contributed by atoms with van der Waals surface area (Å²) in [4.78, 5) is 14.9. The third-order valence-electron chi connectivity index (χ3n) is 1.81. The Hall–Kier alpha value is -2.04. The van der Waals surface area contributed by atoms with Gasteiger partial charge in [-0.05, 0) is 11.6 Å². The Morgan fingerprint density at radius 2 is 2.25 bits per heavy atom. The second-order valence-corrected chi connectivity index (χ2v) is 2.96. The number of carboxylic acid groups (broad SMARTS) is 1. The number of carbonyl (C=O) groups is 1. The molecule has 0 aliphatic rings. The van der Waals surface area contributed by atoms with Gasteiger partial charge in [-0.25, -0.2) is 4.79 Å². The Morgan fingerprint density at radius 3 is 2.94 bits per heavy atom. The van der Waals surface area contributed by atoms with E-state index < -0.39 is 5.97 Å². The van der Waals surface area contributed by atoms with Crippen molar-refractivity contribution in [3.05, 3.63) is 29.8 Å². The molecule has 0 aromatic heterocycles. The van der Waals surface area contributed by atoms with Crippen molar-refractivity contribution in [1.29, 1.82) is 0 Å². The number of ether oxygens (including phenoxy) is 1. The molecular formula is C11H13NO4. The zero-order valence-electron chi connectivity index (χ0n) is 8.92. The maximum absolute atomic E-state index is 10.4. The Balaban J connectivity index is 2.67. The van der Waals surface area contributed by atoms with Gasteiger partial charge in [0.25, 0.3) is 0 Å². The summed E-state index contributed by atoms with van der Waals surface area (Å²) < 4.78 is 5.13. The lowest BCUT2D eigenvalue weighted by Crippen LogP contribution is -2.10. The molecule has 0 saturated carbocycles. The molecule has 1 aromatic carbocycles. The summed E-state index contributed by atoms with van der Waals surface area (Å²) in [7, 11) is 1.46. The molecule has 86 valence electrons. The standard InChI is InChI=1S/C11H13NO4/c1-15-12-7-6-9-4-2-3-5-10(9)16-8-11(13)14/h2-5,7H,6,8H2,1H3,(H,13,14)/b12-7+. The smallest absolute Gasteiger partial charge is 0.341 e. The fourth-order valence-corrected chi connectivity index (χ4v) is 1.16. The number of hydrogen-bond acceptors (Lipinski definition) is 4. The molecule has 5 heteroatoms. The Labute approximate surface area is 93.3 Å². The number of aliphatic carboxylic acids is 1. The van der Waals surface area contributed by atoms with E-state index in [4.69, 9.17) is 9.84 Å². The molecule has 0 heterocycles. The zero-order valence-corrected chi connectivity index (χ0v) is 8.92. The predicted molar refractivity (Wildman–Crippen MR) is 58.8 cm³/mol. The van der Waals surface area contributed by atoms with E-state index in [1.807, 2.05) is 12.1 Å². The number of rotatable bonds is 6. The molecule has 1 N–H and O–H groups in total. The molecule has 0 bridgehead atoms. The van der Waals surface area contributed by atoms with Crippen molar-refractivity contribution in [1.82, 2.24) is 0 Å². The van der Waals surface area contributed by atoms with Crippen molar-refractivity contribution in [2.24, 2.45) is 5.16 Å². The highest BCUT2D eigenvalue weighted by atomic mass is 16.6. The van der Waals surface area contributed by atoms with Crippen LogP contribution < -0.4 is 4.74 Å². The van der Waals surface area contributed by atoms with Crippen molar-refractivity contribution in [3.8, 4) is 5.75 Å². The summed E-state index contributed by atoms with van der Waals surface area (Å²) in [6.07, 6.45) is 2.12. The first-order valence-electron chi connectivity index (χ1n) is 4.71. The molecule has 0 fully saturated rings. The van der Waals surface area contributed by atoms with Gasteiger partial charge in [-0.1, -0.05) is 23.4 Å². The second-order valence-electron chi connectivity index (χ2n) is 2.96. The van der Waals surface area contributed by atoms with Gasteiger partial charge in [0, 0.05) is 12.6 Å². The zero-order chi connectivity index (χ0) is 11.8. The van der Waals surface area contributed by atoms with Gasteiger partial charge in [0.2, 0.25) is 0 Å². The van der Waals surface area contributed by atoms with Crippen LogP contribution in [0.4, 0.5) is 0 Å². The van der Waals surface area contributed by atoms with E-state index in [1.54, 1.807) is 18.3 Å². The van der Waals surface area contributed by atoms with Crippen molar-refractivity contribution in [2.45, 2.75) is 6.42 Å². The topological polar surface area (TPSA) is 68.1 Å². The maximum Gasteiger partial charge on any atom is 0.341 e. The van der Waals surface area contributed by atoms with Crippen LogP contribution in [0.5, 0.6) is 5.75 Å². The van der Waals surface area contributed by atoms with Gasteiger partial charge >= 0.3 is 5.97 Å². The first kappa shape index (κ1) is 12.0. The highest BCUT2D eigenvalue weighted by Crippen LogP contribution is 2.17. The summed E-state index contributed by atoms with van der Waals surface area (Å²) in [5.74, 6) is -0.451. The van der Waals surface area contributed by atoms with Gasteiger partial charge in [0.1, 0.15) is 12.9 Å². The molecule has 0 amide bonds. The third kappa shape index (κ3) is 4.00. The lowest BCUT2D eigenvalue weighted by molar-refractivity contribution is -0.139. The van der Waals surface area contributed by atoms with Gasteiger partial charge in [0.15, 0.2) is 6.61 Å². The van der Waals surface area contributed by atoms with Crippen LogP contribution in [-0.2, 0) is 16.1 Å². The van der Waals surface area contributed by atoms with E-state index in [1.165, 1.54) is 7.11 Å². The molecule has 5 nitrogen and oxygen atoms in total. The maximum atomic E-state index is 10.4. The van der Waals surface area contributed by atoms with E-state index in [9.17, 15) is 4.79 Å². The fourth-order valence-electron chi connectivity index (χ4n) is 1.16. The Morgan fingerprint density at radius 1 is 1.50 bits per heavy atom. The minimum Gasteiger partial charge on any atom is -0.482 e. The molecular weight excluding hydrogens is 210 g/mol. The predicted octanol–water partition coefficient (Wildman–Crippen LogP) is 1.32. The quantitative estimate of drug-likeness (QED) is 0.583. The first-order valence-corrected chi connectivity index (χ1v) is 4.71. The van der Waals surface area contributed by atoms with E-state index in [0.29, 0.717) is 12.2 Å². The molecule has 16 heavy (non-hydrogen) atoms. The van der Waals surface area contributed by atoms with Crippen LogP contribution >= 0.6 is 0 Å². The van der Waals surface area contributed by atoms with Crippen molar-refractivity contribution in [3.63, 3.8) is 0 Å². The molecule has 1 aromatic rings. The minimum absolute atomic E-state index is 0.349. The molecule has 0 atom stereocenters. The van der Waals surface area contributed by atoms with Crippen molar-refractivity contribution in [2.75, 3.05) is 13.7 Å². The van der Waals surface area contributed by atoms with Crippen molar-refractivity contribution < 1.29 is 19.5 Å². The highest BCUT2D eigenvalue weighted by Gasteiger charge is 2.03.